The normalized spacial score (nSPS) is 10.2. The van der Waals surface area contributed by atoms with Crippen LogP contribution in [0.15, 0.2) is 72.8 Å². The summed E-state index contributed by atoms with van der Waals surface area (Å²) in [5.74, 6) is -0.933. The summed E-state index contributed by atoms with van der Waals surface area (Å²) in [6.45, 7) is 1.58. The number of carbonyl (C=O) groups is 3. The number of nitrogens with one attached hydrogen (secondary N) is 3. The van der Waals surface area contributed by atoms with Gasteiger partial charge in [-0.2, -0.15) is 0 Å². The number of hydrogen-bond acceptors (Lipinski definition) is 3. The van der Waals surface area contributed by atoms with Crippen LogP contribution in [-0.2, 0) is 4.79 Å². The van der Waals surface area contributed by atoms with Gasteiger partial charge in [0.05, 0.1) is 6.54 Å². The Balaban J connectivity index is 1.59. The third-order valence-electron chi connectivity index (χ3n) is 4.74. The summed E-state index contributed by atoms with van der Waals surface area (Å²) in [4.78, 5) is 36.5. The van der Waals surface area contributed by atoms with Gasteiger partial charge in [0.1, 0.15) is 0 Å². The Hall–Kier alpha value is -3.93. The van der Waals surface area contributed by atoms with E-state index in [-0.39, 0.29) is 24.3 Å². The number of anilines is 1. The third-order valence-corrected chi connectivity index (χ3v) is 4.74. The lowest BCUT2D eigenvalue weighted by molar-refractivity contribution is -0.115. The third kappa shape index (κ3) is 4.91. The van der Waals surface area contributed by atoms with Crippen molar-refractivity contribution in [1.29, 1.82) is 0 Å². The van der Waals surface area contributed by atoms with Gasteiger partial charge in [-0.3, -0.25) is 14.4 Å². The maximum Gasteiger partial charge on any atom is 0.251 e. The molecule has 0 aliphatic heterocycles. The van der Waals surface area contributed by atoms with Gasteiger partial charge in [0.25, 0.3) is 11.8 Å². The Morgan fingerprint density at radius 1 is 0.767 bits per heavy atom. The van der Waals surface area contributed by atoms with Crippen molar-refractivity contribution >= 4 is 23.4 Å². The topological polar surface area (TPSA) is 87.3 Å². The molecule has 0 saturated carbocycles. The van der Waals surface area contributed by atoms with E-state index in [4.69, 9.17) is 0 Å². The van der Waals surface area contributed by atoms with Gasteiger partial charge >= 0.3 is 0 Å². The maximum absolute atomic E-state index is 12.4. The van der Waals surface area contributed by atoms with Crippen LogP contribution in [-0.4, -0.2) is 31.3 Å². The number of benzene rings is 3. The number of rotatable bonds is 6. The number of amides is 3. The van der Waals surface area contributed by atoms with Crippen molar-refractivity contribution < 1.29 is 14.4 Å². The van der Waals surface area contributed by atoms with E-state index < -0.39 is 0 Å². The minimum Gasteiger partial charge on any atom is -0.355 e. The molecule has 3 rings (SSSR count). The zero-order valence-corrected chi connectivity index (χ0v) is 16.9. The minimum absolute atomic E-state index is 0.178. The Labute approximate surface area is 175 Å². The molecule has 3 N–H and O–H groups in total. The quantitative estimate of drug-likeness (QED) is 0.592. The number of hydrogen-bond donors (Lipinski definition) is 3. The van der Waals surface area contributed by atoms with E-state index in [1.54, 1.807) is 44.3 Å². The molecule has 0 bridgehead atoms. The first-order chi connectivity index (χ1) is 14.5. The van der Waals surface area contributed by atoms with Gasteiger partial charge < -0.3 is 16.0 Å². The first-order valence-corrected chi connectivity index (χ1v) is 9.55. The van der Waals surface area contributed by atoms with Crippen LogP contribution in [0.1, 0.15) is 26.3 Å². The van der Waals surface area contributed by atoms with Crippen LogP contribution < -0.4 is 16.0 Å². The highest BCUT2D eigenvalue weighted by Crippen LogP contribution is 2.20. The van der Waals surface area contributed by atoms with Crippen molar-refractivity contribution in [2.24, 2.45) is 0 Å². The molecule has 3 aromatic carbocycles. The summed E-state index contributed by atoms with van der Waals surface area (Å²) in [5.41, 5.74) is 4.23. The molecule has 0 atom stereocenters. The first kappa shape index (κ1) is 20.8. The molecule has 0 aliphatic carbocycles. The molecule has 6 heteroatoms. The molecular formula is C24H23N3O3. The first-order valence-electron chi connectivity index (χ1n) is 9.55. The summed E-state index contributed by atoms with van der Waals surface area (Å²) in [5, 5.41) is 7.92. The molecule has 6 nitrogen and oxygen atoms in total. The summed E-state index contributed by atoms with van der Waals surface area (Å²) in [7, 11) is 1.55. The van der Waals surface area contributed by atoms with Crippen LogP contribution in [0, 0.1) is 6.92 Å². The smallest absolute Gasteiger partial charge is 0.251 e. The van der Waals surface area contributed by atoms with Gasteiger partial charge in [-0.05, 0) is 47.9 Å². The van der Waals surface area contributed by atoms with Crippen LogP contribution in [0.2, 0.25) is 0 Å². The van der Waals surface area contributed by atoms with E-state index in [9.17, 15) is 14.4 Å². The van der Waals surface area contributed by atoms with Gasteiger partial charge in [-0.25, -0.2) is 0 Å². The molecular weight excluding hydrogens is 378 g/mol. The molecule has 0 radical (unpaired) electrons. The van der Waals surface area contributed by atoms with Gasteiger partial charge in [-0.1, -0.05) is 48.5 Å². The van der Waals surface area contributed by atoms with Gasteiger partial charge in [0, 0.05) is 23.9 Å². The molecule has 152 valence electrons. The van der Waals surface area contributed by atoms with Gasteiger partial charge in [-0.15, -0.1) is 0 Å². The van der Waals surface area contributed by atoms with E-state index in [2.05, 4.69) is 16.0 Å². The fourth-order valence-corrected chi connectivity index (χ4v) is 3.05. The fourth-order valence-electron chi connectivity index (χ4n) is 3.05. The monoisotopic (exact) mass is 401 g/mol. The van der Waals surface area contributed by atoms with Crippen LogP contribution in [0.5, 0.6) is 0 Å². The molecule has 0 aliphatic rings. The van der Waals surface area contributed by atoms with E-state index >= 15 is 0 Å². The van der Waals surface area contributed by atoms with Crippen LogP contribution in [0.25, 0.3) is 11.1 Å². The second-order valence-corrected chi connectivity index (χ2v) is 6.73. The zero-order chi connectivity index (χ0) is 21.5. The van der Waals surface area contributed by atoms with Crippen molar-refractivity contribution in [3.05, 3.63) is 89.5 Å². The fraction of sp³-hybridized carbons (Fsp3) is 0.125. The predicted octanol–water partition coefficient (Wildman–Crippen LogP) is 3.39. The Morgan fingerprint density at radius 3 is 2.10 bits per heavy atom. The Bertz CT molecular complexity index is 1060. The molecule has 3 aromatic rings. The van der Waals surface area contributed by atoms with Crippen molar-refractivity contribution in [2.45, 2.75) is 6.92 Å². The second kappa shape index (κ2) is 9.52. The zero-order valence-electron chi connectivity index (χ0n) is 16.9. The van der Waals surface area contributed by atoms with E-state index in [1.165, 1.54) is 0 Å². The van der Waals surface area contributed by atoms with Crippen LogP contribution in [0.4, 0.5) is 5.69 Å². The Morgan fingerprint density at radius 2 is 1.43 bits per heavy atom. The molecule has 0 fully saturated rings. The molecule has 0 heterocycles. The number of carbonyl (C=O) groups excluding carboxylic acids is 3. The Kier molecular flexibility index (Phi) is 6.60. The molecule has 0 aromatic heterocycles. The van der Waals surface area contributed by atoms with E-state index in [1.807, 2.05) is 42.5 Å². The molecule has 30 heavy (non-hydrogen) atoms. The highest BCUT2D eigenvalue weighted by molar-refractivity contribution is 6.01. The average Bonchev–Trinajstić information content (AvgIpc) is 2.79. The lowest BCUT2D eigenvalue weighted by atomic mass is 10.0. The summed E-state index contributed by atoms with van der Waals surface area (Å²) in [6, 6.07) is 22.2. The minimum atomic E-state index is -0.374. The van der Waals surface area contributed by atoms with E-state index in [0.717, 1.165) is 11.1 Å². The lowest BCUT2D eigenvalue weighted by Crippen LogP contribution is -2.33. The highest BCUT2D eigenvalue weighted by atomic mass is 16.2. The SMILES string of the molecule is CNC(=O)c1cccc(NC(=O)CNC(=O)c2ccc(-c3ccccc3)cc2)c1C. The summed E-state index contributed by atoms with van der Waals surface area (Å²) >= 11 is 0. The van der Waals surface area contributed by atoms with Crippen molar-refractivity contribution in [2.75, 3.05) is 18.9 Å². The molecule has 3 amide bonds. The van der Waals surface area contributed by atoms with Gasteiger partial charge in [0.2, 0.25) is 5.91 Å². The predicted molar refractivity (Wildman–Crippen MR) is 117 cm³/mol. The van der Waals surface area contributed by atoms with Crippen molar-refractivity contribution in [3.63, 3.8) is 0 Å². The van der Waals surface area contributed by atoms with Crippen LogP contribution in [0.3, 0.4) is 0 Å². The molecule has 0 spiro atoms. The highest BCUT2D eigenvalue weighted by Gasteiger charge is 2.13. The molecule has 0 unspecified atom stereocenters. The lowest BCUT2D eigenvalue weighted by Gasteiger charge is -2.12. The second-order valence-electron chi connectivity index (χ2n) is 6.73. The maximum atomic E-state index is 12.4. The summed E-state index contributed by atoms with van der Waals surface area (Å²) < 4.78 is 0. The van der Waals surface area contributed by atoms with Crippen molar-refractivity contribution in [1.82, 2.24) is 10.6 Å². The molecule has 0 saturated heterocycles. The van der Waals surface area contributed by atoms with E-state index in [0.29, 0.717) is 22.4 Å². The summed E-state index contributed by atoms with van der Waals surface area (Å²) in [6.07, 6.45) is 0. The van der Waals surface area contributed by atoms with Crippen molar-refractivity contribution in [3.8, 4) is 11.1 Å². The standard InChI is InChI=1S/C24H23N3O3/c1-16-20(24(30)25-2)9-6-10-21(16)27-22(28)15-26-23(29)19-13-11-18(12-14-19)17-7-4-3-5-8-17/h3-14H,15H2,1-2H3,(H,25,30)(H,26,29)(H,27,28). The van der Waals surface area contributed by atoms with Gasteiger partial charge in [0.15, 0.2) is 0 Å². The van der Waals surface area contributed by atoms with Crippen LogP contribution >= 0.6 is 0 Å². The largest absolute Gasteiger partial charge is 0.355 e. The average molecular weight is 401 g/mol.